The van der Waals surface area contributed by atoms with E-state index in [-0.39, 0.29) is 5.82 Å². The summed E-state index contributed by atoms with van der Waals surface area (Å²) in [5, 5.41) is 10.6. The van der Waals surface area contributed by atoms with Crippen molar-refractivity contribution in [3.8, 4) is 0 Å². The summed E-state index contributed by atoms with van der Waals surface area (Å²) in [6.45, 7) is 4.79. The highest BCUT2D eigenvalue weighted by molar-refractivity contribution is 6.03. The lowest BCUT2D eigenvalue weighted by atomic mass is 9.95. The first-order valence-corrected chi connectivity index (χ1v) is 10.1. The Morgan fingerprint density at radius 3 is 2.73 bits per heavy atom. The number of amidine groups is 1. The highest BCUT2D eigenvalue weighted by Gasteiger charge is 2.45. The largest absolute Gasteiger partial charge is 0.390 e. The Bertz CT molecular complexity index is 997. The minimum absolute atomic E-state index is 0.261. The molecule has 0 aliphatic carbocycles. The van der Waals surface area contributed by atoms with Crippen molar-refractivity contribution in [2.75, 3.05) is 18.9 Å². The van der Waals surface area contributed by atoms with E-state index in [0.29, 0.717) is 0 Å². The Kier molecular flexibility index (Phi) is 5.44. The molecule has 0 saturated carbocycles. The molecule has 4 rings (SSSR count). The molecular weight excluding hydrogens is 381 g/mol. The number of hydrogen-bond acceptors (Lipinski definition) is 6. The van der Waals surface area contributed by atoms with Gasteiger partial charge in [-0.3, -0.25) is 0 Å². The SMILES string of the molecule is CN/C(C)=C\Nc1ccc(/C=C2\CCCN3C2=NOC3(C)c2ccc(F)cc2)cn1. The molecule has 1 saturated heterocycles. The van der Waals surface area contributed by atoms with Gasteiger partial charge < -0.3 is 20.4 Å². The molecule has 156 valence electrons. The number of pyridine rings is 1. The second-order valence-electron chi connectivity index (χ2n) is 7.62. The third-order valence-corrected chi connectivity index (χ3v) is 5.53. The fourth-order valence-electron chi connectivity index (χ4n) is 3.66. The van der Waals surface area contributed by atoms with Crippen molar-refractivity contribution in [2.45, 2.75) is 32.4 Å². The molecule has 1 atom stereocenters. The zero-order chi connectivity index (χ0) is 21.1. The number of nitrogens with zero attached hydrogens (tertiary/aromatic N) is 3. The summed E-state index contributed by atoms with van der Waals surface area (Å²) in [7, 11) is 1.88. The number of oxime groups is 1. The lowest BCUT2D eigenvalue weighted by Gasteiger charge is -2.37. The van der Waals surface area contributed by atoms with Crippen molar-refractivity contribution in [1.29, 1.82) is 0 Å². The molecule has 1 fully saturated rings. The molecule has 30 heavy (non-hydrogen) atoms. The van der Waals surface area contributed by atoms with Crippen LogP contribution in [-0.4, -0.2) is 29.3 Å². The number of piperidine rings is 1. The van der Waals surface area contributed by atoms with Crippen LogP contribution in [0.3, 0.4) is 0 Å². The van der Waals surface area contributed by atoms with Crippen molar-refractivity contribution in [2.24, 2.45) is 5.16 Å². The Labute approximate surface area is 176 Å². The van der Waals surface area contributed by atoms with Gasteiger partial charge >= 0.3 is 0 Å². The first-order chi connectivity index (χ1) is 14.5. The standard InChI is InChI=1S/C23H26FN5O/c1-16(25-3)14-26-21-11-6-17(15-27-21)13-18-5-4-12-29-22(18)28-30-23(29,2)19-7-9-20(24)10-8-19/h6-11,13-15,25H,4-5,12H2,1-3H3,(H,26,27)/b16-14-,18-13+. The smallest absolute Gasteiger partial charge is 0.234 e. The fraction of sp³-hybridized carbons (Fsp3) is 0.304. The van der Waals surface area contributed by atoms with Crippen LogP contribution in [0.1, 0.15) is 37.8 Å². The summed E-state index contributed by atoms with van der Waals surface area (Å²) < 4.78 is 13.4. The summed E-state index contributed by atoms with van der Waals surface area (Å²) in [6, 6.07) is 10.4. The number of halogens is 1. The van der Waals surface area contributed by atoms with Gasteiger partial charge in [-0.25, -0.2) is 9.37 Å². The maximum atomic E-state index is 13.4. The lowest BCUT2D eigenvalue weighted by Crippen LogP contribution is -2.46. The van der Waals surface area contributed by atoms with Crippen LogP contribution in [0.4, 0.5) is 10.2 Å². The molecule has 0 radical (unpaired) electrons. The van der Waals surface area contributed by atoms with Crippen LogP contribution < -0.4 is 10.6 Å². The number of hydrogen-bond donors (Lipinski definition) is 2. The van der Waals surface area contributed by atoms with Gasteiger partial charge in [0.15, 0.2) is 5.84 Å². The van der Waals surface area contributed by atoms with Gasteiger partial charge in [-0.2, -0.15) is 0 Å². The second-order valence-corrected chi connectivity index (χ2v) is 7.62. The number of allylic oxidation sites excluding steroid dienone is 1. The van der Waals surface area contributed by atoms with Crippen LogP contribution >= 0.6 is 0 Å². The molecular formula is C23H26FN5O. The predicted molar refractivity (Wildman–Crippen MR) is 117 cm³/mol. The van der Waals surface area contributed by atoms with Crippen molar-refractivity contribution in [3.05, 3.63) is 77.0 Å². The second kappa shape index (κ2) is 8.18. The van der Waals surface area contributed by atoms with Crippen LogP contribution in [0.5, 0.6) is 0 Å². The highest BCUT2D eigenvalue weighted by atomic mass is 19.1. The maximum Gasteiger partial charge on any atom is 0.234 e. The molecule has 1 unspecified atom stereocenters. The van der Waals surface area contributed by atoms with Gasteiger partial charge in [-0.15, -0.1) is 0 Å². The van der Waals surface area contributed by atoms with E-state index in [1.54, 1.807) is 12.1 Å². The first-order valence-electron chi connectivity index (χ1n) is 10.1. The van der Waals surface area contributed by atoms with E-state index in [0.717, 1.165) is 53.4 Å². The van der Waals surface area contributed by atoms with E-state index in [1.165, 1.54) is 12.1 Å². The van der Waals surface area contributed by atoms with E-state index >= 15 is 0 Å². The molecule has 0 amide bonds. The van der Waals surface area contributed by atoms with Gasteiger partial charge in [0, 0.05) is 44.2 Å². The highest BCUT2D eigenvalue weighted by Crippen LogP contribution is 2.40. The molecule has 0 spiro atoms. The van der Waals surface area contributed by atoms with Crippen LogP contribution in [0.15, 0.2) is 65.2 Å². The summed E-state index contributed by atoms with van der Waals surface area (Å²) in [6.07, 6.45) is 7.73. The minimum atomic E-state index is -0.730. The molecule has 2 aromatic rings. The third-order valence-electron chi connectivity index (χ3n) is 5.53. The molecule has 1 aromatic carbocycles. The van der Waals surface area contributed by atoms with E-state index in [4.69, 9.17) is 4.84 Å². The zero-order valence-corrected chi connectivity index (χ0v) is 17.4. The Hall–Kier alpha value is -3.35. The third kappa shape index (κ3) is 3.87. The Morgan fingerprint density at radius 2 is 2.03 bits per heavy atom. The van der Waals surface area contributed by atoms with Crippen molar-refractivity contribution in [1.82, 2.24) is 15.2 Å². The van der Waals surface area contributed by atoms with Gasteiger partial charge in [-0.05, 0) is 61.2 Å². The summed E-state index contributed by atoms with van der Waals surface area (Å²) in [4.78, 5) is 12.5. The molecule has 2 aliphatic heterocycles. The maximum absolute atomic E-state index is 13.4. The van der Waals surface area contributed by atoms with Gasteiger partial charge in [0.2, 0.25) is 5.72 Å². The number of nitrogens with one attached hydrogen (secondary N) is 2. The summed E-state index contributed by atoms with van der Waals surface area (Å²) in [5.41, 5.74) is 3.29. The number of benzene rings is 1. The molecule has 6 nitrogen and oxygen atoms in total. The average molecular weight is 407 g/mol. The number of aromatic nitrogens is 1. The zero-order valence-electron chi connectivity index (χ0n) is 17.4. The van der Waals surface area contributed by atoms with Crippen molar-refractivity contribution < 1.29 is 9.23 Å². The van der Waals surface area contributed by atoms with Gasteiger partial charge in [-0.1, -0.05) is 17.3 Å². The summed E-state index contributed by atoms with van der Waals surface area (Å²) >= 11 is 0. The Balaban J connectivity index is 1.53. The summed E-state index contributed by atoms with van der Waals surface area (Å²) in [5.74, 6) is 1.35. The van der Waals surface area contributed by atoms with Crippen LogP contribution in [0.2, 0.25) is 0 Å². The van der Waals surface area contributed by atoms with Gasteiger partial charge in [0.1, 0.15) is 11.6 Å². The van der Waals surface area contributed by atoms with E-state index in [2.05, 4.69) is 31.7 Å². The molecule has 1 aromatic heterocycles. The van der Waals surface area contributed by atoms with Gasteiger partial charge in [0.25, 0.3) is 0 Å². The normalized spacial score (nSPS) is 22.4. The molecule has 2 aliphatic rings. The molecule has 2 N–H and O–H groups in total. The number of fused-ring (bicyclic) bond motifs is 1. The van der Waals surface area contributed by atoms with Crippen LogP contribution in [0, 0.1) is 5.82 Å². The average Bonchev–Trinajstić information content (AvgIpc) is 3.12. The van der Waals surface area contributed by atoms with Crippen molar-refractivity contribution in [3.63, 3.8) is 0 Å². The monoisotopic (exact) mass is 407 g/mol. The van der Waals surface area contributed by atoms with E-state index < -0.39 is 5.72 Å². The quantitative estimate of drug-likeness (QED) is 0.769. The van der Waals surface area contributed by atoms with Crippen LogP contribution in [0.25, 0.3) is 6.08 Å². The lowest BCUT2D eigenvalue weighted by molar-refractivity contribution is -0.0913. The van der Waals surface area contributed by atoms with E-state index in [9.17, 15) is 4.39 Å². The first kappa shape index (κ1) is 19.9. The number of rotatable bonds is 5. The number of anilines is 1. The predicted octanol–water partition coefficient (Wildman–Crippen LogP) is 4.41. The van der Waals surface area contributed by atoms with E-state index in [1.807, 2.05) is 45.4 Å². The minimum Gasteiger partial charge on any atom is -0.390 e. The Morgan fingerprint density at radius 1 is 1.23 bits per heavy atom. The molecule has 3 heterocycles. The molecule has 0 bridgehead atoms. The molecule has 7 heteroatoms. The van der Waals surface area contributed by atoms with Gasteiger partial charge in [0.05, 0.1) is 0 Å². The topological polar surface area (TPSA) is 61.8 Å². The van der Waals surface area contributed by atoms with Crippen LogP contribution in [-0.2, 0) is 10.6 Å². The fourth-order valence-corrected chi connectivity index (χ4v) is 3.66. The van der Waals surface area contributed by atoms with Crippen molar-refractivity contribution >= 4 is 17.7 Å².